The average molecular weight is 305 g/mol. The second-order valence-corrected chi connectivity index (χ2v) is 7.26. The molecule has 0 radical (unpaired) electrons. The van der Waals surface area contributed by atoms with Gasteiger partial charge in [0.25, 0.3) is 10.0 Å². The van der Waals surface area contributed by atoms with Gasteiger partial charge in [0, 0.05) is 41.6 Å². The van der Waals surface area contributed by atoms with E-state index in [0.29, 0.717) is 23.7 Å². The molecule has 108 valence electrons. The highest BCUT2D eigenvalue weighted by atomic mass is 32.2. The molecule has 0 bridgehead atoms. The monoisotopic (exact) mass is 305 g/mol. The maximum Gasteiger partial charge on any atom is 0.260 e. The van der Waals surface area contributed by atoms with Crippen LogP contribution in [0.25, 0.3) is 0 Å². The van der Waals surface area contributed by atoms with Crippen LogP contribution in [-0.4, -0.2) is 42.2 Å². The van der Waals surface area contributed by atoms with Gasteiger partial charge in [0.1, 0.15) is 0 Å². The van der Waals surface area contributed by atoms with E-state index in [1.165, 1.54) is 6.20 Å². The second kappa shape index (κ2) is 7.56. The molecule has 0 amide bonds. The third-order valence-electron chi connectivity index (χ3n) is 2.34. The number of hydrogen-bond acceptors (Lipinski definition) is 5. The Bertz CT molecular complexity index is 532. The molecule has 1 aromatic rings. The van der Waals surface area contributed by atoms with Gasteiger partial charge < -0.3 is 5.32 Å². The summed E-state index contributed by atoms with van der Waals surface area (Å²) in [4.78, 5) is 3.90. The Morgan fingerprint density at radius 2 is 2.11 bits per heavy atom. The van der Waals surface area contributed by atoms with Gasteiger partial charge in [-0.3, -0.25) is 4.21 Å². The van der Waals surface area contributed by atoms with Gasteiger partial charge >= 0.3 is 0 Å². The van der Waals surface area contributed by atoms with Crippen LogP contribution >= 0.6 is 0 Å². The van der Waals surface area contributed by atoms with Crippen LogP contribution in [0.5, 0.6) is 0 Å². The minimum atomic E-state index is -3.68. The zero-order valence-electron chi connectivity index (χ0n) is 11.0. The van der Waals surface area contributed by atoms with Crippen molar-refractivity contribution in [2.45, 2.75) is 18.9 Å². The fraction of sp³-hybridized carbons (Fsp3) is 0.545. The van der Waals surface area contributed by atoms with E-state index >= 15 is 0 Å². The summed E-state index contributed by atoms with van der Waals surface area (Å²) in [5.74, 6) is 0.826. The standard InChI is InChI=1S/C11H19N3O3S2/c1-3-12-10-6-5-7-13-11(10)19(16,17)14-8-9-18(15)4-2/h5-7,12,14H,3-4,8-9H2,1-2H3. The van der Waals surface area contributed by atoms with E-state index in [1.807, 2.05) is 6.92 Å². The zero-order chi connectivity index (χ0) is 14.3. The minimum Gasteiger partial charge on any atom is -0.383 e. The molecule has 0 aliphatic carbocycles. The molecule has 0 fully saturated rings. The third kappa shape index (κ3) is 4.88. The van der Waals surface area contributed by atoms with Gasteiger partial charge in [-0.1, -0.05) is 6.92 Å². The molecule has 0 saturated carbocycles. The lowest BCUT2D eigenvalue weighted by Gasteiger charge is -2.10. The molecular formula is C11H19N3O3S2. The number of sulfonamides is 1. The lowest BCUT2D eigenvalue weighted by Crippen LogP contribution is -2.29. The van der Waals surface area contributed by atoms with E-state index in [-0.39, 0.29) is 11.6 Å². The van der Waals surface area contributed by atoms with Gasteiger partial charge in [-0.15, -0.1) is 0 Å². The second-order valence-electron chi connectivity index (χ2n) is 3.72. The summed E-state index contributed by atoms with van der Waals surface area (Å²) in [6.45, 7) is 4.42. The molecule has 6 nitrogen and oxygen atoms in total. The van der Waals surface area contributed by atoms with Gasteiger partial charge in [-0.05, 0) is 19.1 Å². The van der Waals surface area contributed by atoms with Crippen LogP contribution in [0.1, 0.15) is 13.8 Å². The maximum atomic E-state index is 12.1. The van der Waals surface area contributed by atoms with Crippen LogP contribution in [0.4, 0.5) is 5.69 Å². The zero-order valence-corrected chi connectivity index (χ0v) is 12.7. The Balaban J connectivity index is 2.79. The molecule has 1 heterocycles. The largest absolute Gasteiger partial charge is 0.383 e. The maximum absolute atomic E-state index is 12.1. The number of nitrogens with zero attached hydrogens (tertiary/aromatic N) is 1. The summed E-state index contributed by atoms with van der Waals surface area (Å²) in [6, 6.07) is 3.33. The molecule has 0 aromatic carbocycles. The molecule has 2 N–H and O–H groups in total. The molecule has 0 aliphatic heterocycles. The molecule has 1 unspecified atom stereocenters. The predicted molar refractivity (Wildman–Crippen MR) is 77.1 cm³/mol. The first-order valence-electron chi connectivity index (χ1n) is 6.04. The lowest BCUT2D eigenvalue weighted by atomic mass is 10.4. The molecule has 8 heteroatoms. The van der Waals surface area contributed by atoms with Crippen molar-refractivity contribution in [3.05, 3.63) is 18.3 Å². The number of nitrogens with one attached hydrogen (secondary N) is 2. The van der Waals surface area contributed by atoms with Crippen LogP contribution in [0.3, 0.4) is 0 Å². The topological polar surface area (TPSA) is 88.2 Å². The van der Waals surface area contributed by atoms with Crippen molar-refractivity contribution >= 4 is 26.5 Å². The average Bonchev–Trinajstić information content (AvgIpc) is 2.39. The molecule has 1 rings (SSSR count). The van der Waals surface area contributed by atoms with Gasteiger partial charge in [0.15, 0.2) is 5.03 Å². The Kier molecular flexibility index (Phi) is 6.40. The van der Waals surface area contributed by atoms with E-state index in [9.17, 15) is 12.6 Å². The van der Waals surface area contributed by atoms with Crippen molar-refractivity contribution < 1.29 is 12.6 Å². The quantitative estimate of drug-likeness (QED) is 0.733. The summed E-state index contributed by atoms with van der Waals surface area (Å²) in [5.41, 5.74) is 0.467. The summed E-state index contributed by atoms with van der Waals surface area (Å²) in [6.07, 6.45) is 1.43. The molecule has 1 aromatic heterocycles. The molecule has 0 aliphatic rings. The SMILES string of the molecule is CCNc1cccnc1S(=O)(=O)NCCS(=O)CC. The smallest absolute Gasteiger partial charge is 0.260 e. The van der Waals surface area contributed by atoms with E-state index < -0.39 is 20.8 Å². The Labute approximate surface area is 116 Å². The van der Waals surface area contributed by atoms with Crippen LogP contribution in [0.2, 0.25) is 0 Å². The molecule has 0 saturated heterocycles. The Morgan fingerprint density at radius 3 is 2.74 bits per heavy atom. The number of anilines is 1. The summed E-state index contributed by atoms with van der Waals surface area (Å²) in [5, 5.41) is 2.92. The van der Waals surface area contributed by atoms with Gasteiger partial charge in [-0.25, -0.2) is 18.1 Å². The Hall–Kier alpha value is -0.990. The van der Waals surface area contributed by atoms with Crippen molar-refractivity contribution in [1.29, 1.82) is 0 Å². The first kappa shape index (κ1) is 16.1. The number of rotatable bonds is 8. The molecular weight excluding hydrogens is 286 g/mol. The molecule has 0 spiro atoms. The first-order chi connectivity index (χ1) is 9.01. The van der Waals surface area contributed by atoms with Crippen molar-refractivity contribution in [3.63, 3.8) is 0 Å². The van der Waals surface area contributed by atoms with Crippen LogP contribution in [-0.2, 0) is 20.8 Å². The normalized spacial score (nSPS) is 13.2. The molecule has 19 heavy (non-hydrogen) atoms. The fourth-order valence-electron chi connectivity index (χ4n) is 1.43. The Morgan fingerprint density at radius 1 is 1.37 bits per heavy atom. The lowest BCUT2D eigenvalue weighted by molar-refractivity contribution is 0.580. The van der Waals surface area contributed by atoms with Gasteiger partial charge in [0.05, 0.1) is 5.69 Å². The van der Waals surface area contributed by atoms with Gasteiger partial charge in [-0.2, -0.15) is 0 Å². The highest BCUT2D eigenvalue weighted by molar-refractivity contribution is 7.89. The minimum absolute atomic E-state index is 0.0286. The van der Waals surface area contributed by atoms with E-state index in [2.05, 4.69) is 15.0 Å². The highest BCUT2D eigenvalue weighted by Crippen LogP contribution is 2.17. The van der Waals surface area contributed by atoms with Crippen molar-refractivity contribution in [2.24, 2.45) is 0 Å². The van der Waals surface area contributed by atoms with Crippen molar-refractivity contribution in [1.82, 2.24) is 9.71 Å². The fourth-order valence-corrected chi connectivity index (χ4v) is 3.32. The van der Waals surface area contributed by atoms with Crippen LogP contribution in [0.15, 0.2) is 23.4 Å². The van der Waals surface area contributed by atoms with Crippen molar-refractivity contribution in [2.75, 3.05) is 29.9 Å². The van der Waals surface area contributed by atoms with E-state index in [0.717, 1.165) is 0 Å². The van der Waals surface area contributed by atoms with E-state index in [1.54, 1.807) is 19.1 Å². The summed E-state index contributed by atoms with van der Waals surface area (Å²) in [7, 11) is -4.66. The molecule has 1 atom stereocenters. The van der Waals surface area contributed by atoms with Crippen LogP contribution in [0, 0.1) is 0 Å². The summed E-state index contributed by atoms with van der Waals surface area (Å²) >= 11 is 0. The summed E-state index contributed by atoms with van der Waals surface area (Å²) < 4.78 is 37.8. The number of pyridine rings is 1. The van der Waals surface area contributed by atoms with Crippen molar-refractivity contribution in [3.8, 4) is 0 Å². The first-order valence-corrected chi connectivity index (χ1v) is 9.02. The highest BCUT2D eigenvalue weighted by Gasteiger charge is 2.19. The van der Waals surface area contributed by atoms with Gasteiger partial charge in [0.2, 0.25) is 0 Å². The van der Waals surface area contributed by atoms with Crippen LogP contribution < -0.4 is 10.0 Å². The number of hydrogen-bond donors (Lipinski definition) is 2. The van der Waals surface area contributed by atoms with E-state index in [4.69, 9.17) is 0 Å². The predicted octanol–water partition coefficient (Wildman–Crippen LogP) is 0.560. The third-order valence-corrected chi connectivity index (χ3v) is 5.06. The number of aromatic nitrogens is 1.